The second-order valence-corrected chi connectivity index (χ2v) is 3.73. The Morgan fingerprint density at radius 2 is 2.54 bits per heavy atom. The fraction of sp³-hybridized carbons (Fsp3) is 0.500. The van der Waals surface area contributed by atoms with Crippen molar-refractivity contribution in [3.05, 3.63) is 22.4 Å². The third-order valence-electron chi connectivity index (χ3n) is 2.01. The van der Waals surface area contributed by atoms with Gasteiger partial charge < -0.3 is 10.5 Å². The van der Waals surface area contributed by atoms with Gasteiger partial charge in [0.05, 0.1) is 17.2 Å². The number of nitrogens with zero attached hydrogens (tertiary/aromatic N) is 2. The summed E-state index contributed by atoms with van der Waals surface area (Å²) in [6.45, 7) is 2.66. The molecule has 0 bridgehead atoms. The number of rotatable bonds is 2. The zero-order valence-electron chi connectivity index (χ0n) is 7.36. The van der Waals surface area contributed by atoms with E-state index < -0.39 is 0 Å². The molecule has 4 nitrogen and oxygen atoms in total. The zero-order valence-corrected chi connectivity index (χ0v) is 8.17. The van der Waals surface area contributed by atoms with Crippen molar-refractivity contribution in [2.45, 2.75) is 19.4 Å². The number of hydrogen-bond acceptors (Lipinski definition) is 5. The van der Waals surface area contributed by atoms with Gasteiger partial charge in [-0.15, -0.1) is 5.10 Å². The van der Waals surface area contributed by atoms with Crippen molar-refractivity contribution < 1.29 is 4.74 Å². The Hall–Kier alpha value is -0.940. The van der Waals surface area contributed by atoms with Gasteiger partial charge in [-0.2, -0.15) is 0 Å². The number of aromatic nitrogens is 2. The Balaban J connectivity index is 2.21. The van der Waals surface area contributed by atoms with E-state index in [9.17, 15) is 0 Å². The summed E-state index contributed by atoms with van der Waals surface area (Å²) in [7, 11) is 0. The molecule has 0 aliphatic carbocycles. The standard InChI is InChI=1S/C8H11N3OS/c1-5-8(13-11-10-5)7(9)6-3-2-4-12-6/h3,7H,2,4,9H2,1H3. The first-order valence-electron chi connectivity index (χ1n) is 4.16. The summed E-state index contributed by atoms with van der Waals surface area (Å²) in [5.41, 5.74) is 6.88. The maximum absolute atomic E-state index is 5.98. The molecular formula is C8H11N3OS. The molecule has 0 radical (unpaired) electrons. The van der Waals surface area contributed by atoms with Gasteiger partial charge >= 0.3 is 0 Å². The van der Waals surface area contributed by atoms with E-state index in [1.165, 1.54) is 11.5 Å². The Bertz CT molecular complexity index is 334. The fourth-order valence-electron chi connectivity index (χ4n) is 1.31. The van der Waals surface area contributed by atoms with Crippen molar-refractivity contribution in [2.24, 2.45) is 5.73 Å². The van der Waals surface area contributed by atoms with Crippen LogP contribution in [0.3, 0.4) is 0 Å². The molecule has 0 saturated carbocycles. The van der Waals surface area contributed by atoms with Crippen LogP contribution in [0.25, 0.3) is 0 Å². The first-order chi connectivity index (χ1) is 6.29. The molecule has 1 aromatic rings. The molecule has 2 rings (SSSR count). The molecule has 13 heavy (non-hydrogen) atoms. The van der Waals surface area contributed by atoms with Crippen molar-refractivity contribution in [1.82, 2.24) is 9.59 Å². The summed E-state index contributed by atoms with van der Waals surface area (Å²) in [5, 5.41) is 3.91. The van der Waals surface area contributed by atoms with Crippen LogP contribution in [0.15, 0.2) is 11.8 Å². The monoisotopic (exact) mass is 197 g/mol. The van der Waals surface area contributed by atoms with E-state index in [1.54, 1.807) is 0 Å². The smallest absolute Gasteiger partial charge is 0.114 e. The van der Waals surface area contributed by atoms with Crippen molar-refractivity contribution in [3.8, 4) is 0 Å². The highest BCUT2D eigenvalue weighted by molar-refractivity contribution is 7.05. The van der Waals surface area contributed by atoms with Crippen LogP contribution in [-0.2, 0) is 4.74 Å². The SMILES string of the molecule is Cc1nnsc1C(N)C1=CCCO1. The van der Waals surface area contributed by atoms with E-state index in [4.69, 9.17) is 10.5 Å². The average molecular weight is 197 g/mol. The van der Waals surface area contributed by atoms with E-state index in [2.05, 4.69) is 9.59 Å². The lowest BCUT2D eigenvalue weighted by molar-refractivity contribution is 0.226. The Morgan fingerprint density at radius 3 is 3.08 bits per heavy atom. The van der Waals surface area contributed by atoms with E-state index in [0.717, 1.165) is 29.4 Å². The van der Waals surface area contributed by atoms with Crippen molar-refractivity contribution >= 4 is 11.5 Å². The number of nitrogens with two attached hydrogens (primary N) is 1. The largest absolute Gasteiger partial charge is 0.496 e. The van der Waals surface area contributed by atoms with Crippen LogP contribution in [0.4, 0.5) is 0 Å². The minimum atomic E-state index is -0.178. The first-order valence-corrected chi connectivity index (χ1v) is 4.93. The predicted molar refractivity (Wildman–Crippen MR) is 50.2 cm³/mol. The molecule has 5 heteroatoms. The van der Waals surface area contributed by atoms with Crippen LogP contribution in [0, 0.1) is 6.92 Å². The molecule has 0 amide bonds. The summed E-state index contributed by atoms with van der Waals surface area (Å²) < 4.78 is 9.22. The average Bonchev–Trinajstić information content (AvgIpc) is 2.72. The number of hydrogen-bond donors (Lipinski definition) is 1. The van der Waals surface area contributed by atoms with Gasteiger partial charge in [0.1, 0.15) is 11.8 Å². The van der Waals surface area contributed by atoms with Gasteiger partial charge in [0.15, 0.2) is 0 Å². The predicted octanol–water partition coefficient (Wildman–Crippen LogP) is 1.15. The molecule has 2 heterocycles. The second kappa shape index (κ2) is 3.43. The summed E-state index contributed by atoms with van der Waals surface area (Å²) >= 11 is 1.34. The highest BCUT2D eigenvalue weighted by Crippen LogP contribution is 2.27. The van der Waals surface area contributed by atoms with Crippen LogP contribution in [0.5, 0.6) is 0 Å². The molecule has 0 aromatic carbocycles. The molecule has 1 unspecified atom stereocenters. The third kappa shape index (κ3) is 1.57. The minimum Gasteiger partial charge on any atom is -0.496 e. The fourth-order valence-corrected chi connectivity index (χ4v) is 1.96. The van der Waals surface area contributed by atoms with Gasteiger partial charge in [0.2, 0.25) is 0 Å². The molecule has 2 N–H and O–H groups in total. The maximum Gasteiger partial charge on any atom is 0.114 e. The third-order valence-corrected chi connectivity index (χ3v) is 2.92. The Morgan fingerprint density at radius 1 is 1.69 bits per heavy atom. The molecule has 1 aromatic heterocycles. The van der Waals surface area contributed by atoms with Crippen molar-refractivity contribution in [1.29, 1.82) is 0 Å². The molecule has 0 spiro atoms. The van der Waals surface area contributed by atoms with E-state index in [0.29, 0.717) is 0 Å². The van der Waals surface area contributed by atoms with Crippen molar-refractivity contribution in [3.63, 3.8) is 0 Å². The van der Waals surface area contributed by atoms with Crippen LogP contribution in [0.2, 0.25) is 0 Å². The van der Waals surface area contributed by atoms with Gasteiger partial charge in [-0.3, -0.25) is 0 Å². The topological polar surface area (TPSA) is 61.0 Å². The van der Waals surface area contributed by atoms with E-state index in [-0.39, 0.29) is 6.04 Å². The van der Waals surface area contributed by atoms with Gasteiger partial charge in [-0.05, 0) is 24.5 Å². The number of aryl methyl sites for hydroxylation is 1. The highest BCUT2D eigenvalue weighted by atomic mass is 32.1. The molecule has 1 aliphatic rings. The van der Waals surface area contributed by atoms with Crippen LogP contribution in [-0.4, -0.2) is 16.2 Å². The van der Waals surface area contributed by atoms with Gasteiger partial charge in [-0.1, -0.05) is 4.49 Å². The van der Waals surface area contributed by atoms with E-state index >= 15 is 0 Å². The number of ether oxygens (including phenoxy) is 1. The lowest BCUT2D eigenvalue weighted by Gasteiger charge is -2.10. The molecule has 1 aliphatic heterocycles. The van der Waals surface area contributed by atoms with Crippen LogP contribution in [0.1, 0.15) is 23.0 Å². The van der Waals surface area contributed by atoms with Crippen LogP contribution >= 0.6 is 11.5 Å². The highest BCUT2D eigenvalue weighted by Gasteiger charge is 2.20. The second-order valence-electron chi connectivity index (χ2n) is 2.94. The summed E-state index contributed by atoms with van der Waals surface area (Å²) in [6.07, 6.45) is 2.98. The van der Waals surface area contributed by atoms with Crippen LogP contribution < -0.4 is 5.73 Å². The van der Waals surface area contributed by atoms with Crippen molar-refractivity contribution in [2.75, 3.05) is 6.61 Å². The van der Waals surface area contributed by atoms with Gasteiger partial charge in [0, 0.05) is 6.42 Å². The van der Waals surface area contributed by atoms with E-state index in [1.807, 2.05) is 13.0 Å². The Labute approximate surface area is 80.6 Å². The first kappa shape index (κ1) is 8.65. The molecular weight excluding hydrogens is 186 g/mol. The van der Waals surface area contributed by atoms with Gasteiger partial charge in [0.25, 0.3) is 0 Å². The normalized spacial score (nSPS) is 18.2. The molecule has 0 fully saturated rings. The molecule has 0 saturated heterocycles. The minimum absolute atomic E-state index is 0.178. The lowest BCUT2D eigenvalue weighted by Crippen LogP contribution is -2.13. The summed E-state index contributed by atoms with van der Waals surface area (Å²) in [4.78, 5) is 0.994. The quantitative estimate of drug-likeness (QED) is 0.772. The molecule has 1 atom stereocenters. The maximum atomic E-state index is 5.98. The Kier molecular flexibility index (Phi) is 2.28. The zero-order chi connectivity index (χ0) is 9.26. The van der Waals surface area contributed by atoms with Gasteiger partial charge in [-0.25, -0.2) is 0 Å². The summed E-state index contributed by atoms with van der Waals surface area (Å²) in [6, 6.07) is -0.178. The summed E-state index contributed by atoms with van der Waals surface area (Å²) in [5.74, 6) is 0.856. The lowest BCUT2D eigenvalue weighted by atomic mass is 10.2. The molecule has 70 valence electrons.